The summed E-state index contributed by atoms with van der Waals surface area (Å²) in [5.74, 6) is 0.0928. The monoisotopic (exact) mass is 228 g/mol. The minimum Gasteiger partial charge on any atom is -0.381 e. The third-order valence-corrected chi connectivity index (χ3v) is 3.29. The van der Waals surface area contributed by atoms with Crippen LogP contribution in [0.2, 0.25) is 0 Å². The SMILES string of the molecule is CCC(C)NC(=O)CNC1CCC(OC)C1. The van der Waals surface area contributed by atoms with Crippen LogP contribution in [0.3, 0.4) is 0 Å². The van der Waals surface area contributed by atoms with Gasteiger partial charge in [-0.3, -0.25) is 4.79 Å². The Morgan fingerprint density at radius 2 is 2.25 bits per heavy atom. The molecule has 1 aliphatic carbocycles. The highest BCUT2D eigenvalue weighted by molar-refractivity contribution is 5.78. The van der Waals surface area contributed by atoms with Crippen molar-refractivity contribution in [1.82, 2.24) is 10.6 Å². The third kappa shape index (κ3) is 4.49. The molecule has 0 aromatic carbocycles. The van der Waals surface area contributed by atoms with Gasteiger partial charge >= 0.3 is 0 Å². The van der Waals surface area contributed by atoms with Gasteiger partial charge in [0.05, 0.1) is 12.6 Å². The van der Waals surface area contributed by atoms with Crippen molar-refractivity contribution in [3.8, 4) is 0 Å². The molecule has 1 rings (SSSR count). The van der Waals surface area contributed by atoms with E-state index in [0.29, 0.717) is 18.7 Å². The molecule has 2 N–H and O–H groups in total. The Labute approximate surface area is 98.1 Å². The maximum atomic E-state index is 11.5. The van der Waals surface area contributed by atoms with Crippen molar-refractivity contribution >= 4 is 5.91 Å². The lowest BCUT2D eigenvalue weighted by Crippen LogP contribution is -2.41. The van der Waals surface area contributed by atoms with Crippen LogP contribution in [0.25, 0.3) is 0 Å². The third-order valence-electron chi connectivity index (χ3n) is 3.29. The summed E-state index contributed by atoms with van der Waals surface area (Å²) in [4.78, 5) is 11.5. The van der Waals surface area contributed by atoms with Crippen LogP contribution in [0.5, 0.6) is 0 Å². The number of carbonyl (C=O) groups excluding carboxylic acids is 1. The van der Waals surface area contributed by atoms with E-state index in [4.69, 9.17) is 4.74 Å². The second-order valence-electron chi connectivity index (χ2n) is 4.63. The molecule has 3 atom stereocenters. The number of hydrogen-bond acceptors (Lipinski definition) is 3. The number of ether oxygens (including phenoxy) is 1. The minimum atomic E-state index is 0.0928. The Morgan fingerprint density at radius 1 is 1.50 bits per heavy atom. The molecule has 1 saturated carbocycles. The van der Waals surface area contributed by atoms with Gasteiger partial charge < -0.3 is 15.4 Å². The second-order valence-corrected chi connectivity index (χ2v) is 4.63. The summed E-state index contributed by atoms with van der Waals surface area (Å²) >= 11 is 0. The Kier molecular flexibility index (Phi) is 5.77. The number of carbonyl (C=O) groups is 1. The van der Waals surface area contributed by atoms with E-state index < -0.39 is 0 Å². The van der Waals surface area contributed by atoms with Gasteiger partial charge in [0.15, 0.2) is 0 Å². The first-order chi connectivity index (χ1) is 7.65. The molecule has 0 aromatic heterocycles. The van der Waals surface area contributed by atoms with Crippen LogP contribution in [0.4, 0.5) is 0 Å². The molecule has 0 aliphatic heterocycles. The second kappa shape index (κ2) is 6.86. The largest absolute Gasteiger partial charge is 0.381 e. The molecule has 0 radical (unpaired) electrons. The van der Waals surface area contributed by atoms with Gasteiger partial charge in [0.2, 0.25) is 5.91 Å². The summed E-state index contributed by atoms with van der Waals surface area (Å²) in [5.41, 5.74) is 0. The molecule has 0 saturated heterocycles. The Balaban J connectivity index is 2.13. The van der Waals surface area contributed by atoms with Gasteiger partial charge in [0.25, 0.3) is 0 Å². The lowest BCUT2D eigenvalue weighted by Gasteiger charge is -2.15. The zero-order valence-corrected chi connectivity index (χ0v) is 10.6. The van der Waals surface area contributed by atoms with Crippen LogP contribution < -0.4 is 10.6 Å². The highest BCUT2D eigenvalue weighted by Crippen LogP contribution is 2.20. The molecule has 3 unspecified atom stereocenters. The van der Waals surface area contributed by atoms with Gasteiger partial charge in [-0.2, -0.15) is 0 Å². The molecule has 4 nitrogen and oxygen atoms in total. The van der Waals surface area contributed by atoms with Crippen molar-refractivity contribution < 1.29 is 9.53 Å². The zero-order chi connectivity index (χ0) is 12.0. The summed E-state index contributed by atoms with van der Waals surface area (Å²) in [7, 11) is 1.75. The molecular formula is C12H24N2O2. The van der Waals surface area contributed by atoms with Crippen LogP contribution in [0.15, 0.2) is 0 Å². The summed E-state index contributed by atoms with van der Waals surface area (Å²) in [6.07, 6.45) is 4.57. The van der Waals surface area contributed by atoms with Crippen molar-refractivity contribution in [2.75, 3.05) is 13.7 Å². The minimum absolute atomic E-state index is 0.0928. The van der Waals surface area contributed by atoms with E-state index in [9.17, 15) is 4.79 Å². The fourth-order valence-corrected chi connectivity index (χ4v) is 2.00. The van der Waals surface area contributed by atoms with E-state index >= 15 is 0 Å². The van der Waals surface area contributed by atoms with Crippen LogP contribution in [-0.4, -0.2) is 37.7 Å². The van der Waals surface area contributed by atoms with Crippen molar-refractivity contribution in [2.24, 2.45) is 0 Å². The lowest BCUT2D eigenvalue weighted by atomic mass is 10.2. The fourth-order valence-electron chi connectivity index (χ4n) is 2.00. The van der Waals surface area contributed by atoms with Gasteiger partial charge in [-0.05, 0) is 32.6 Å². The first-order valence-corrected chi connectivity index (χ1v) is 6.21. The number of methoxy groups -OCH3 is 1. The predicted octanol–water partition coefficient (Wildman–Crippen LogP) is 1.06. The summed E-state index contributed by atoms with van der Waals surface area (Å²) in [5, 5.41) is 6.23. The van der Waals surface area contributed by atoms with Crippen LogP contribution in [0.1, 0.15) is 39.5 Å². The highest BCUT2D eigenvalue weighted by atomic mass is 16.5. The zero-order valence-electron chi connectivity index (χ0n) is 10.6. The molecule has 4 heteroatoms. The molecule has 16 heavy (non-hydrogen) atoms. The van der Waals surface area contributed by atoms with Crippen molar-refractivity contribution in [3.05, 3.63) is 0 Å². The predicted molar refractivity (Wildman–Crippen MR) is 64.3 cm³/mol. The topological polar surface area (TPSA) is 50.4 Å². The highest BCUT2D eigenvalue weighted by Gasteiger charge is 2.24. The molecule has 94 valence electrons. The number of rotatable bonds is 6. The summed E-state index contributed by atoms with van der Waals surface area (Å²) in [6.45, 7) is 4.51. The molecule has 0 spiro atoms. The van der Waals surface area contributed by atoms with Crippen LogP contribution >= 0.6 is 0 Å². The molecular weight excluding hydrogens is 204 g/mol. The van der Waals surface area contributed by atoms with E-state index in [-0.39, 0.29) is 11.9 Å². The average Bonchev–Trinajstić information content (AvgIpc) is 2.74. The maximum Gasteiger partial charge on any atom is 0.234 e. The Bertz CT molecular complexity index is 221. The first-order valence-electron chi connectivity index (χ1n) is 6.21. The molecule has 1 amide bonds. The van der Waals surface area contributed by atoms with Crippen molar-refractivity contribution in [1.29, 1.82) is 0 Å². The quantitative estimate of drug-likeness (QED) is 0.714. The van der Waals surface area contributed by atoms with Gasteiger partial charge in [0.1, 0.15) is 0 Å². The molecule has 1 aliphatic rings. The maximum absolute atomic E-state index is 11.5. The van der Waals surface area contributed by atoms with Crippen LogP contribution in [0, 0.1) is 0 Å². The van der Waals surface area contributed by atoms with Gasteiger partial charge in [-0.25, -0.2) is 0 Å². The number of nitrogens with one attached hydrogen (secondary N) is 2. The van der Waals surface area contributed by atoms with E-state index in [1.807, 2.05) is 6.92 Å². The number of amides is 1. The smallest absolute Gasteiger partial charge is 0.234 e. The molecule has 0 heterocycles. The van der Waals surface area contributed by atoms with Gasteiger partial charge in [-0.15, -0.1) is 0 Å². The lowest BCUT2D eigenvalue weighted by molar-refractivity contribution is -0.121. The van der Waals surface area contributed by atoms with Crippen molar-refractivity contribution in [3.63, 3.8) is 0 Å². The number of hydrogen-bond donors (Lipinski definition) is 2. The molecule has 0 aromatic rings. The molecule has 0 bridgehead atoms. The normalized spacial score (nSPS) is 26.7. The standard InChI is InChI=1S/C12H24N2O2/c1-4-9(2)14-12(15)8-13-10-5-6-11(7-10)16-3/h9-11,13H,4-8H2,1-3H3,(H,14,15). The van der Waals surface area contributed by atoms with E-state index in [1.165, 1.54) is 0 Å². The molecule has 1 fully saturated rings. The average molecular weight is 228 g/mol. The van der Waals surface area contributed by atoms with Gasteiger partial charge in [-0.1, -0.05) is 6.92 Å². The van der Waals surface area contributed by atoms with E-state index in [2.05, 4.69) is 17.6 Å². The summed E-state index contributed by atoms with van der Waals surface area (Å²) < 4.78 is 5.29. The van der Waals surface area contributed by atoms with Gasteiger partial charge in [0, 0.05) is 19.2 Å². The summed E-state index contributed by atoms with van der Waals surface area (Å²) in [6, 6.07) is 0.706. The van der Waals surface area contributed by atoms with E-state index in [0.717, 1.165) is 25.7 Å². The fraction of sp³-hybridized carbons (Fsp3) is 0.917. The Hall–Kier alpha value is -0.610. The van der Waals surface area contributed by atoms with Crippen molar-refractivity contribution in [2.45, 2.75) is 57.7 Å². The first kappa shape index (κ1) is 13.5. The Morgan fingerprint density at radius 3 is 2.81 bits per heavy atom. The van der Waals surface area contributed by atoms with E-state index in [1.54, 1.807) is 7.11 Å². The van der Waals surface area contributed by atoms with Crippen LogP contribution in [-0.2, 0) is 9.53 Å².